The van der Waals surface area contributed by atoms with Gasteiger partial charge in [-0.15, -0.1) is 6.58 Å². The Morgan fingerprint density at radius 3 is 2.38 bits per heavy atom. The van der Waals surface area contributed by atoms with Gasteiger partial charge in [0.1, 0.15) is 12.3 Å². The third-order valence-electron chi connectivity index (χ3n) is 3.98. The second-order valence-corrected chi connectivity index (χ2v) is 6.48. The van der Waals surface area contributed by atoms with Crippen molar-refractivity contribution in [1.29, 1.82) is 0 Å². The fourth-order valence-electron chi connectivity index (χ4n) is 2.64. The lowest BCUT2D eigenvalue weighted by Gasteiger charge is -2.27. The van der Waals surface area contributed by atoms with Gasteiger partial charge in [-0.25, -0.2) is 0 Å². The lowest BCUT2D eigenvalue weighted by atomic mass is 10.1. The van der Waals surface area contributed by atoms with Crippen LogP contribution in [0.5, 0.6) is 0 Å². The molecule has 0 N–H and O–H groups in total. The van der Waals surface area contributed by atoms with Crippen LogP contribution < -0.4 is 0 Å². The van der Waals surface area contributed by atoms with Gasteiger partial charge in [-0.1, -0.05) is 50.3 Å². The Bertz CT molecular complexity index is 708. The molecule has 0 aliphatic carbocycles. The predicted octanol–water partition coefficient (Wildman–Crippen LogP) is 3.48. The van der Waals surface area contributed by atoms with Crippen molar-refractivity contribution in [2.24, 2.45) is 5.92 Å². The van der Waals surface area contributed by atoms with Gasteiger partial charge in [-0.3, -0.25) is 9.59 Å². The SMILES string of the molecule is C=CCN(CC(=O)N(Cc1ccccc1)Cc1ccco1)C(=O)C(C)C. The molecule has 2 aromatic rings. The summed E-state index contributed by atoms with van der Waals surface area (Å²) in [5.41, 5.74) is 1.03. The summed E-state index contributed by atoms with van der Waals surface area (Å²) in [7, 11) is 0. The van der Waals surface area contributed by atoms with E-state index in [2.05, 4.69) is 6.58 Å². The Labute approximate surface area is 154 Å². The van der Waals surface area contributed by atoms with Gasteiger partial charge in [0.15, 0.2) is 0 Å². The lowest BCUT2D eigenvalue weighted by molar-refractivity contribution is -0.142. The number of nitrogens with zero attached hydrogens (tertiary/aromatic N) is 2. The third-order valence-corrected chi connectivity index (χ3v) is 3.98. The molecule has 0 spiro atoms. The molecular formula is C21H26N2O3. The molecule has 0 radical (unpaired) electrons. The zero-order chi connectivity index (χ0) is 18.9. The lowest BCUT2D eigenvalue weighted by Crippen LogP contribution is -2.43. The second kappa shape index (κ2) is 9.61. The highest BCUT2D eigenvalue weighted by Crippen LogP contribution is 2.12. The monoisotopic (exact) mass is 354 g/mol. The number of rotatable bonds is 9. The Morgan fingerprint density at radius 2 is 1.81 bits per heavy atom. The number of hydrogen-bond acceptors (Lipinski definition) is 3. The summed E-state index contributed by atoms with van der Waals surface area (Å²) < 4.78 is 5.40. The Hall–Kier alpha value is -2.82. The average Bonchev–Trinajstić information content (AvgIpc) is 3.14. The summed E-state index contributed by atoms with van der Waals surface area (Å²) in [5.74, 6) is 0.354. The first-order valence-electron chi connectivity index (χ1n) is 8.75. The molecule has 0 fully saturated rings. The largest absolute Gasteiger partial charge is 0.467 e. The van der Waals surface area contributed by atoms with Crippen LogP contribution in [0, 0.1) is 5.92 Å². The Kier molecular flexibility index (Phi) is 7.21. The fourth-order valence-corrected chi connectivity index (χ4v) is 2.64. The van der Waals surface area contributed by atoms with E-state index in [0.29, 0.717) is 25.4 Å². The zero-order valence-electron chi connectivity index (χ0n) is 15.4. The van der Waals surface area contributed by atoms with Crippen molar-refractivity contribution in [2.75, 3.05) is 13.1 Å². The van der Waals surface area contributed by atoms with Crippen molar-refractivity contribution in [2.45, 2.75) is 26.9 Å². The molecule has 26 heavy (non-hydrogen) atoms. The minimum Gasteiger partial charge on any atom is -0.467 e. The van der Waals surface area contributed by atoms with Crippen molar-refractivity contribution < 1.29 is 14.0 Å². The molecule has 1 aromatic carbocycles. The van der Waals surface area contributed by atoms with Crippen LogP contribution in [0.15, 0.2) is 65.8 Å². The van der Waals surface area contributed by atoms with Crippen LogP contribution in [0.1, 0.15) is 25.2 Å². The van der Waals surface area contributed by atoms with Gasteiger partial charge < -0.3 is 14.2 Å². The molecule has 0 saturated carbocycles. The van der Waals surface area contributed by atoms with Crippen molar-refractivity contribution >= 4 is 11.8 Å². The van der Waals surface area contributed by atoms with Gasteiger partial charge in [0.25, 0.3) is 0 Å². The van der Waals surface area contributed by atoms with Crippen molar-refractivity contribution in [3.05, 3.63) is 72.7 Å². The first-order chi connectivity index (χ1) is 12.5. The molecule has 0 aliphatic heterocycles. The van der Waals surface area contributed by atoms with E-state index in [9.17, 15) is 9.59 Å². The molecule has 1 aromatic heterocycles. The Balaban J connectivity index is 2.15. The van der Waals surface area contributed by atoms with Gasteiger partial charge in [0, 0.05) is 19.0 Å². The maximum atomic E-state index is 12.9. The highest BCUT2D eigenvalue weighted by Gasteiger charge is 2.23. The summed E-state index contributed by atoms with van der Waals surface area (Å²) >= 11 is 0. The maximum Gasteiger partial charge on any atom is 0.242 e. The molecule has 0 aliphatic rings. The summed E-state index contributed by atoms with van der Waals surface area (Å²) in [6.45, 7) is 8.53. The van der Waals surface area contributed by atoms with Gasteiger partial charge >= 0.3 is 0 Å². The number of hydrogen-bond donors (Lipinski definition) is 0. The molecule has 2 rings (SSSR count). The maximum absolute atomic E-state index is 12.9. The summed E-state index contributed by atoms with van der Waals surface area (Å²) in [6, 6.07) is 13.4. The highest BCUT2D eigenvalue weighted by atomic mass is 16.3. The molecule has 0 saturated heterocycles. The summed E-state index contributed by atoms with van der Waals surface area (Å²) in [4.78, 5) is 28.5. The number of carbonyl (C=O) groups excluding carboxylic acids is 2. The predicted molar refractivity (Wildman–Crippen MR) is 101 cm³/mol. The van der Waals surface area contributed by atoms with Crippen LogP contribution in [0.2, 0.25) is 0 Å². The minimum atomic E-state index is -0.171. The number of benzene rings is 1. The van der Waals surface area contributed by atoms with E-state index in [1.54, 1.807) is 28.2 Å². The molecule has 1 heterocycles. The normalized spacial score (nSPS) is 10.6. The Morgan fingerprint density at radius 1 is 1.08 bits per heavy atom. The van der Waals surface area contributed by atoms with Crippen LogP contribution in [0.4, 0.5) is 0 Å². The van der Waals surface area contributed by atoms with Crippen molar-refractivity contribution in [3.63, 3.8) is 0 Å². The van der Waals surface area contributed by atoms with Crippen LogP contribution in [0.3, 0.4) is 0 Å². The van der Waals surface area contributed by atoms with Crippen molar-refractivity contribution in [1.82, 2.24) is 9.80 Å². The van der Waals surface area contributed by atoms with Crippen LogP contribution >= 0.6 is 0 Å². The van der Waals surface area contributed by atoms with Gasteiger partial charge in [0.05, 0.1) is 12.8 Å². The molecular weight excluding hydrogens is 328 g/mol. The third kappa shape index (κ3) is 5.62. The van der Waals surface area contributed by atoms with E-state index in [1.807, 2.05) is 50.2 Å². The minimum absolute atomic E-state index is 0.0244. The standard InChI is InChI=1S/C21H26N2O3/c1-4-12-22(21(25)17(2)3)16-20(24)23(15-19-11-8-13-26-19)14-18-9-6-5-7-10-18/h4-11,13,17H,1,12,14-16H2,2-3H3. The van der Waals surface area contributed by atoms with E-state index in [4.69, 9.17) is 4.42 Å². The number of amides is 2. The molecule has 5 heteroatoms. The fraction of sp³-hybridized carbons (Fsp3) is 0.333. The van der Waals surface area contributed by atoms with E-state index < -0.39 is 0 Å². The highest BCUT2D eigenvalue weighted by molar-refractivity contribution is 5.85. The van der Waals surface area contributed by atoms with Gasteiger partial charge in [0.2, 0.25) is 11.8 Å². The van der Waals surface area contributed by atoms with Crippen molar-refractivity contribution in [3.8, 4) is 0 Å². The van der Waals surface area contributed by atoms with Crippen LogP contribution in [-0.4, -0.2) is 34.7 Å². The quantitative estimate of drug-likeness (QED) is 0.648. The van der Waals surface area contributed by atoms with Crippen LogP contribution in [0.25, 0.3) is 0 Å². The molecule has 0 atom stereocenters. The topological polar surface area (TPSA) is 53.8 Å². The van der Waals surface area contributed by atoms with Gasteiger partial charge in [-0.05, 0) is 17.7 Å². The zero-order valence-corrected chi connectivity index (χ0v) is 15.4. The van der Waals surface area contributed by atoms with Gasteiger partial charge in [-0.2, -0.15) is 0 Å². The van der Waals surface area contributed by atoms with E-state index in [-0.39, 0.29) is 24.3 Å². The second-order valence-electron chi connectivity index (χ2n) is 6.48. The molecule has 2 amide bonds. The summed E-state index contributed by atoms with van der Waals surface area (Å²) in [5, 5.41) is 0. The smallest absolute Gasteiger partial charge is 0.242 e. The average molecular weight is 354 g/mol. The summed E-state index contributed by atoms with van der Waals surface area (Å²) in [6.07, 6.45) is 3.23. The van der Waals surface area contributed by atoms with Crippen LogP contribution in [-0.2, 0) is 22.7 Å². The van der Waals surface area contributed by atoms with E-state index in [1.165, 1.54) is 0 Å². The first-order valence-corrected chi connectivity index (χ1v) is 8.75. The first kappa shape index (κ1) is 19.5. The molecule has 138 valence electrons. The van der Waals surface area contributed by atoms with E-state index in [0.717, 1.165) is 5.56 Å². The molecule has 0 bridgehead atoms. The number of carbonyl (C=O) groups is 2. The number of furan rings is 1. The molecule has 5 nitrogen and oxygen atoms in total. The van der Waals surface area contributed by atoms with E-state index >= 15 is 0 Å². The molecule has 0 unspecified atom stereocenters.